The summed E-state index contributed by atoms with van der Waals surface area (Å²) in [6.45, 7) is 4.00. The first-order valence-corrected chi connectivity index (χ1v) is 2.85. The van der Waals surface area contributed by atoms with E-state index in [9.17, 15) is 13.2 Å². The van der Waals surface area contributed by atoms with Crippen molar-refractivity contribution in [1.29, 1.82) is 0 Å². The summed E-state index contributed by atoms with van der Waals surface area (Å²) in [6.07, 6.45) is -7.00. The number of hydrogen-bond donors (Lipinski definition) is 3. The lowest BCUT2D eigenvalue weighted by molar-refractivity contribution is 0.167. The van der Waals surface area contributed by atoms with Crippen LogP contribution >= 0.6 is 0 Å². The molecule has 0 aliphatic rings. The minimum absolute atomic E-state index is 0. The average Bonchev–Trinajstić information content (AvgIpc) is 1.86. The van der Waals surface area contributed by atoms with Crippen LogP contribution in [0.4, 0.5) is 27.6 Å². The van der Waals surface area contributed by atoms with Gasteiger partial charge in [-0.1, -0.05) is 21.3 Å². The van der Waals surface area contributed by atoms with Crippen molar-refractivity contribution in [2.75, 3.05) is 0 Å². The average molecular weight is 238 g/mol. The maximum atomic E-state index is 9.92. The Hall–Kier alpha value is -1.80. The van der Waals surface area contributed by atoms with Crippen LogP contribution in [0.25, 0.3) is 0 Å². The molecule has 0 radical (unpaired) electrons. The maximum absolute atomic E-state index is 9.92. The lowest BCUT2D eigenvalue weighted by atomic mass is 11.0. The van der Waals surface area contributed by atoms with Gasteiger partial charge < -0.3 is 15.3 Å². The Kier molecular flexibility index (Phi) is 57.5. The molecule has 0 aromatic rings. The standard InChI is InChI=1S/C2H6.3CHFO2.CH4/c1-2;3*2-1(3)4;/h1-2H3;3*(H,3,4);1H4. The van der Waals surface area contributed by atoms with Crippen molar-refractivity contribution in [3.05, 3.63) is 0 Å². The largest absolute Gasteiger partial charge is 0.492 e. The Morgan fingerprint density at radius 1 is 0.733 bits per heavy atom. The van der Waals surface area contributed by atoms with Crippen molar-refractivity contribution in [2.45, 2.75) is 21.3 Å². The van der Waals surface area contributed by atoms with Crippen LogP contribution in [0.15, 0.2) is 0 Å². The fraction of sp³-hybridized carbons (Fsp3) is 0.500. The molecule has 0 saturated carbocycles. The zero-order chi connectivity index (χ0) is 12.7. The highest BCUT2D eigenvalue weighted by Crippen LogP contribution is 1.59. The summed E-state index contributed by atoms with van der Waals surface area (Å²) >= 11 is 0. The summed E-state index contributed by atoms with van der Waals surface area (Å²) in [4.78, 5) is 25.0. The molecule has 0 aliphatic carbocycles. The second-order valence-electron chi connectivity index (χ2n) is 0.759. The van der Waals surface area contributed by atoms with Crippen molar-refractivity contribution < 1.29 is 42.9 Å². The zero-order valence-electron chi connectivity index (χ0n) is 7.20. The fourth-order valence-electron chi connectivity index (χ4n) is 0. The predicted octanol–water partition coefficient (Wildman–Crippen LogP) is 3.56. The third-order valence-corrected chi connectivity index (χ3v) is 0. The van der Waals surface area contributed by atoms with Crippen molar-refractivity contribution in [3.8, 4) is 0 Å². The normalized spacial score (nSPS) is 5.40. The van der Waals surface area contributed by atoms with Gasteiger partial charge in [-0.25, -0.2) is 14.4 Å². The molecule has 0 aromatic heterocycles. The number of carbonyl (C=O) groups is 3. The Labute approximate surface area is 84.0 Å². The van der Waals surface area contributed by atoms with Gasteiger partial charge in [0.1, 0.15) is 0 Å². The lowest BCUT2D eigenvalue weighted by Crippen LogP contribution is -1.69. The van der Waals surface area contributed by atoms with E-state index in [0.29, 0.717) is 0 Å². The second kappa shape index (κ2) is 29.5. The third-order valence-electron chi connectivity index (χ3n) is 0. The van der Waals surface area contributed by atoms with Crippen LogP contribution in [-0.4, -0.2) is 34.0 Å². The maximum Gasteiger partial charge on any atom is 0.492 e. The van der Waals surface area contributed by atoms with E-state index in [4.69, 9.17) is 29.7 Å². The number of carboxylic acid groups (broad SMARTS) is 3. The Bertz CT molecular complexity index is 120. The van der Waals surface area contributed by atoms with Crippen LogP contribution in [0, 0.1) is 0 Å². The predicted molar refractivity (Wildman–Crippen MR) is 45.5 cm³/mol. The number of hydrogen-bond acceptors (Lipinski definition) is 3. The number of rotatable bonds is 0. The molecular weight excluding hydrogens is 225 g/mol. The first-order chi connectivity index (χ1) is 6.20. The molecule has 0 bridgehead atoms. The summed E-state index contributed by atoms with van der Waals surface area (Å²) in [6, 6.07) is 0. The van der Waals surface area contributed by atoms with Gasteiger partial charge in [0.15, 0.2) is 0 Å². The zero-order valence-corrected chi connectivity index (χ0v) is 7.20. The summed E-state index contributed by atoms with van der Waals surface area (Å²) in [7, 11) is 0. The van der Waals surface area contributed by atoms with E-state index in [1.165, 1.54) is 0 Å². The van der Waals surface area contributed by atoms with Crippen LogP contribution in [0.2, 0.25) is 0 Å². The van der Waals surface area contributed by atoms with Crippen molar-refractivity contribution in [3.63, 3.8) is 0 Å². The van der Waals surface area contributed by atoms with Gasteiger partial charge in [0.2, 0.25) is 0 Å². The van der Waals surface area contributed by atoms with E-state index in [1.807, 2.05) is 13.8 Å². The van der Waals surface area contributed by atoms with E-state index < -0.39 is 18.7 Å². The Morgan fingerprint density at radius 3 is 0.733 bits per heavy atom. The van der Waals surface area contributed by atoms with Crippen LogP contribution in [0.5, 0.6) is 0 Å². The lowest BCUT2D eigenvalue weighted by Gasteiger charge is -1.53. The van der Waals surface area contributed by atoms with Crippen molar-refractivity contribution in [2.24, 2.45) is 0 Å². The first-order valence-electron chi connectivity index (χ1n) is 2.85. The smallest absolute Gasteiger partial charge is 0.456 e. The van der Waals surface area contributed by atoms with Crippen LogP contribution in [0.1, 0.15) is 21.3 Å². The SMILES string of the molecule is C.CC.O=C(O)F.O=C(O)F.O=C(O)F. The second-order valence-corrected chi connectivity index (χ2v) is 0.759. The molecular formula is C6H13F3O6. The molecule has 0 heterocycles. The monoisotopic (exact) mass is 238 g/mol. The minimum Gasteiger partial charge on any atom is -0.456 e. The van der Waals surface area contributed by atoms with Gasteiger partial charge in [-0.2, -0.15) is 0 Å². The molecule has 0 aliphatic heterocycles. The molecule has 9 heteroatoms. The highest BCUT2D eigenvalue weighted by Gasteiger charge is 1.75. The molecule has 0 saturated heterocycles. The van der Waals surface area contributed by atoms with Gasteiger partial charge in [-0.15, -0.1) is 13.2 Å². The molecule has 0 spiro atoms. The van der Waals surface area contributed by atoms with E-state index >= 15 is 0 Å². The molecule has 6 nitrogen and oxygen atoms in total. The van der Waals surface area contributed by atoms with E-state index in [0.717, 1.165) is 0 Å². The molecule has 15 heavy (non-hydrogen) atoms. The quantitative estimate of drug-likeness (QED) is 0.556. The Balaban J connectivity index is -0.0000000298. The first kappa shape index (κ1) is 29.2. The topological polar surface area (TPSA) is 112 Å². The molecule has 0 rings (SSSR count). The third kappa shape index (κ3) is 392. The van der Waals surface area contributed by atoms with E-state index in [2.05, 4.69) is 0 Å². The molecule has 0 atom stereocenters. The molecule has 94 valence electrons. The highest BCUT2D eigenvalue weighted by atomic mass is 19.2. The van der Waals surface area contributed by atoms with E-state index in [-0.39, 0.29) is 7.43 Å². The molecule has 0 aromatic carbocycles. The van der Waals surface area contributed by atoms with Gasteiger partial charge in [-0.05, 0) is 0 Å². The van der Waals surface area contributed by atoms with Gasteiger partial charge in [-0.3, -0.25) is 0 Å². The van der Waals surface area contributed by atoms with Gasteiger partial charge in [0, 0.05) is 0 Å². The van der Waals surface area contributed by atoms with Crippen molar-refractivity contribution >= 4 is 18.7 Å². The minimum atomic E-state index is -2.33. The molecule has 3 N–H and O–H groups in total. The summed E-state index contributed by atoms with van der Waals surface area (Å²) in [5.74, 6) is 0. The van der Waals surface area contributed by atoms with Gasteiger partial charge in [0.05, 0.1) is 0 Å². The molecule has 0 amide bonds. The van der Waals surface area contributed by atoms with Crippen LogP contribution in [-0.2, 0) is 0 Å². The van der Waals surface area contributed by atoms with Gasteiger partial charge in [0.25, 0.3) is 0 Å². The summed E-state index contributed by atoms with van der Waals surface area (Å²) in [5, 5.41) is 20.2. The highest BCUT2D eigenvalue weighted by molar-refractivity contribution is 5.55. The fourth-order valence-corrected chi connectivity index (χ4v) is 0. The van der Waals surface area contributed by atoms with Crippen molar-refractivity contribution in [1.82, 2.24) is 0 Å². The summed E-state index contributed by atoms with van der Waals surface area (Å²) < 4.78 is 29.8. The summed E-state index contributed by atoms with van der Waals surface area (Å²) in [5.41, 5.74) is 0. The molecule has 0 unspecified atom stereocenters. The number of halogens is 3. The Morgan fingerprint density at radius 2 is 0.733 bits per heavy atom. The van der Waals surface area contributed by atoms with Crippen LogP contribution < -0.4 is 0 Å². The van der Waals surface area contributed by atoms with Crippen LogP contribution in [0.3, 0.4) is 0 Å². The molecule has 0 fully saturated rings. The van der Waals surface area contributed by atoms with E-state index in [1.54, 1.807) is 0 Å². The van der Waals surface area contributed by atoms with Gasteiger partial charge >= 0.3 is 18.7 Å².